The zero-order valence-electron chi connectivity index (χ0n) is 20.1. The van der Waals surface area contributed by atoms with Crippen LogP contribution in [0.15, 0.2) is 60.0 Å². The molecule has 2 N–H and O–H groups in total. The summed E-state index contributed by atoms with van der Waals surface area (Å²) < 4.78 is 11.0. The second-order valence-electron chi connectivity index (χ2n) is 8.29. The van der Waals surface area contributed by atoms with E-state index in [9.17, 15) is 9.59 Å². The van der Waals surface area contributed by atoms with E-state index in [0.717, 1.165) is 23.3 Å². The third kappa shape index (κ3) is 6.84. The van der Waals surface area contributed by atoms with Gasteiger partial charge in [0.2, 0.25) is 0 Å². The lowest BCUT2D eigenvalue weighted by Crippen LogP contribution is -2.34. The minimum atomic E-state index is -0.259. The topological polar surface area (TPSA) is 76.7 Å². The number of methoxy groups -OCH3 is 1. The molecule has 3 aromatic rings. The molecule has 1 atom stereocenters. The fourth-order valence-corrected chi connectivity index (χ4v) is 4.39. The number of carbonyl (C=O) groups is 2. The van der Waals surface area contributed by atoms with E-state index in [1.165, 1.54) is 12.7 Å². The molecular weight excluding hydrogens is 448 g/mol. The van der Waals surface area contributed by atoms with Crippen molar-refractivity contribution in [2.75, 3.05) is 13.7 Å². The van der Waals surface area contributed by atoms with Crippen LogP contribution in [0.5, 0.6) is 11.5 Å². The number of thiophene rings is 1. The SMILES string of the molecule is CCCc1ccc(C(NC(=O)c2ccc(OCC(=O)NC(C)C)c(OC)c2)c2cccs2)cc1. The van der Waals surface area contributed by atoms with E-state index in [2.05, 4.69) is 41.8 Å². The summed E-state index contributed by atoms with van der Waals surface area (Å²) in [7, 11) is 1.50. The molecule has 0 spiro atoms. The summed E-state index contributed by atoms with van der Waals surface area (Å²) in [5.74, 6) is 0.349. The van der Waals surface area contributed by atoms with Crippen molar-refractivity contribution in [1.29, 1.82) is 0 Å². The number of hydrogen-bond acceptors (Lipinski definition) is 5. The predicted octanol–water partition coefficient (Wildman–Crippen LogP) is 5.13. The summed E-state index contributed by atoms with van der Waals surface area (Å²) in [5, 5.41) is 7.93. The normalized spacial score (nSPS) is 11.7. The van der Waals surface area contributed by atoms with Gasteiger partial charge in [0.15, 0.2) is 18.1 Å². The smallest absolute Gasteiger partial charge is 0.258 e. The van der Waals surface area contributed by atoms with E-state index in [-0.39, 0.29) is 30.5 Å². The molecule has 1 unspecified atom stereocenters. The van der Waals surface area contributed by atoms with Gasteiger partial charge in [-0.05, 0) is 61.0 Å². The highest BCUT2D eigenvalue weighted by Crippen LogP contribution is 2.30. The summed E-state index contributed by atoms with van der Waals surface area (Å²) in [6, 6.07) is 17.1. The lowest BCUT2D eigenvalue weighted by molar-refractivity contribution is -0.123. The zero-order valence-corrected chi connectivity index (χ0v) is 20.9. The predicted molar refractivity (Wildman–Crippen MR) is 136 cm³/mol. The maximum absolute atomic E-state index is 13.2. The number of ether oxygens (including phenoxy) is 2. The first-order valence-electron chi connectivity index (χ1n) is 11.4. The Hall–Kier alpha value is -3.32. The summed E-state index contributed by atoms with van der Waals surface area (Å²) >= 11 is 1.60. The van der Waals surface area contributed by atoms with Crippen molar-refractivity contribution in [3.8, 4) is 11.5 Å². The maximum Gasteiger partial charge on any atom is 0.258 e. The molecule has 0 saturated heterocycles. The molecule has 0 aliphatic carbocycles. The monoisotopic (exact) mass is 480 g/mol. The van der Waals surface area contributed by atoms with Gasteiger partial charge < -0.3 is 20.1 Å². The Balaban J connectivity index is 1.76. The van der Waals surface area contributed by atoms with E-state index < -0.39 is 0 Å². The Morgan fingerprint density at radius 2 is 1.76 bits per heavy atom. The molecule has 2 amide bonds. The quantitative estimate of drug-likeness (QED) is 0.399. The van der Waals surface area contributed by atoms with Crippen molar-refractivity contribution < 1.29 is 19.1 Å². The summed E-state index contributed by atoms with van der Waals surface area (Å²) in [6.07, 6.45) is 2.12. The number of hydrogen-bond donors (Lipinski definition) is 2. The van der Waals surface area contributed by atoms with Gasteiger partial charge in [-0.1, -0.05) is 43.7 Å². The van der Waals surface area contributed by atoms with Gasteiger partial charge in [0.05, 0.1) is 13.2 Å². The van der Waals surface area contributed by atoms with Crippen LogP contribution in [0.4, 0.5) is 0 Å². The van der Waals surface area contributed by atoms with Gasteiger partial charge in [0.25, 0.3) is 11.8 Å². The lowest BCUT2D eigenvalue weighted by atomic mass is 10.0. The first-order chi connectivity index (χ1) is 16.4. The molecule has 0 radical (unpaired) electrons. The highest BCUT2D eigenvalue weighted by atomic mass is 32.1. The molecule has 0 aliphatic heterocycles. The van der Waals surface area contributed by atoms with Gasteiger partial charge in [-0.25, -0.2) is 0 Å². The molecule has 6 nitrogen and oxygen atoms in total. The van der Waals surface area contributed by atoms with Crippen LogP contribution >= 0.6 is 11.3 Å². The van der Waals surface area contributed by atoms with Gasteiger partial charge in [-0.15, -0.1) is 11.3 Å². The summed E-state index contributed by atoms with van der Waals surface area (Å²) in [6.45, 7) is 5.80. The average molecular weight is 481 g/mol. The summed E-state index contributed by atoms with van der Waals surface area (Å²) in [4.78, 5) is 26.1. The van der Waals surface area contributed by atoms with Crippen molar-refractivity contribution in [1.82, 2.24) is 10.6 Å². The molecule has 34 heavy (non-hydrogen) atoms. The molecule has 0 saturated carbocycles. The second kappa shape index (κ2) is 12.2. The first kappa shape index (κ1) is 25.3. The first-order valence-corrected chi connectivity index (χ1v) is 12.3. The molecular formula is C27H32N2O4S. The van der Waals surface area contributed by atoms with Crippen LogP contribution in [0.2, 0.25) is 0 Å². The zero-order chi connectivity index (χ0) is 24.5. The van der Waals surface area contributed by atoms with Gasteiger partial charge in [-0.3, -0.25) is 9.59 Å². The Labute approximate surface area is 205 Å². The Bertz CT molecular complexity index is 1080. The van der Waals surface area contributed by atoms with Crippen LogP contribution < -0.4 is 20.1 Å². The van der Waals surface area contributed by atoms with E-state index in [4.69, 9.17) is 9.47 Å². The van der Waals surface area contributed by atoms with E-state index in [0.29, 0.717) is 17.1 Å². The highest BCUT2D eigenvalue weighted by molar-refractivity contribution is 7.10. The number of benzene rings is 2. The third-order valence-corrected chi connectivity index (χ3v) is 6.13. The fourth-order valence-electron chi connectivity index (χ4n) is 3.59. The van der Waals surface area contributed by atoms with Crippen LogP contribution in [-0.2, 0) is 11.2 Å². The Morgan fingerprint density at radius 1 is 1.00 bits per heavy atom. The Kier molecular flexibility index (Phi) is 9.10. The minimum Gasteiger partial charge on any atom is -0.493 e. The van der Waals surface area contributed by atoms with Crippen LogP contribution in [0.1, 0.15) is 59.6 Å². The molecule has 3 rings (SSSR count). The fraction of sp³-hybridized carbons (Fsp3) is 0.333. The number of amides is 2. The largest absolute Gasteiger partial charge is 0.493 e. The second-order valence-corrected chi connectivity index (χ2v) is 9.27. The minimum absolute atomic E-state index is 0.0307. The van der Waals surface area contributed by atoms with Crippen LogP contribution in [0, 0.1) is 0 Å². The van der Waals surface area contributed by atoms with Gasteiger partial charge in [-0.2, -0.15) is 0 Å². The molecule has 0 aliphatic rings. The third-order valence-electron chi connectivity index (χ3n) is 5.19. The van der Waals surface area contributed by atoms with Gasteiger partial charge in [0, 0.05) is 16.5 Å². The van der Waals surface area contributed by atoms with Gasteiger partial charge >= 0.3 is 0 Å². The highest BCUT2D eigenvalue weighted by Gasteiger charge is 2.20. The molecule has 180 valence electrons. The molecule has 2 aromatic carbocycles. The van der Waals surface area contributed by atoms with Gasteiger partial charge in [0.1, 0.15) is 0 Å². The van der Waals surface area contributed by atoms with Crippen LogP contribution in [0.3, 0.4) is 0 Å². The molecule has 7 heteroatoms. The number of rotatable bonds is 11. The molecule has 1 heterocycles. The Morgan fingerprint density at radius 3 is 2.38 bits per heavy atom. The van der Waals surface area contributed by atoms with Crippen molar-refractivity contribution in [3.05, 3.63) is 81.5 Å². The number of nitrogens with one attached hydrogen (secondary N) is 2. The van der Waals surface area contributed by atoms with Crippen LogP contribution in [0.25, 0.3) is 0 Å². The maximum atomic E-state index is 13.2. The van der Waals surface area contributed by atoms with Crippen molar-refractivity contribution in [2.45, 2.75) is 45.7 Å². The van der Waals surface area contributed by atoms with E-state index in [1.807, 2.05) is 31.4 Å². The van der Waals surface area contributed by atoms with E-state index in [1.54, 1.807) is 29.5 Å². The van der Waals surface area contributed by atoms with Crippen LogP contribution in [-0.4, -0.2) is 31.6 Å². The lowest BCUT2D eigenvalue weighted by Gasteiger charge is -2.19. The average Bonchev–Trinajstić information content (AvgIpc) is 3.36. The molecule has 0 bridgehead atoms. The number of carbonyl (C=O) groups excluding carboxylic acids is 2. The van der Waals surface area contributed by atoms with E-state index >= 15 is 0 Å². The van der Waals surface area contributed by atoms with Crippen molar-refractivity contribution >= 4 is 23.2 Å². The van der Waals surface area contributed by atoms with Crippen molar-refractivity contribution in [2.24, 2.45) is 0 Å². The molecule has 0 fully saturated rings. The standard InChI is InChI=1S/C27H32N2O4S/c1-5-7-19-9-11-20(12-10-19)26(24-8-6-15-34-24)29-27(31)21-13-14-22(23(16-21)32-4)33-17-25(30)28-18(2)3/h6,8-16,18,26H,5,7,17H2,1-4H3,(H,28,30)(H,29,31). The summed E-state index contributed by atoms with van der Waals surface area (Å²) in [5.41, 5.74) is 2.75. The van der Waals surface area contributed by atoms with Crippen molar-refractivity contribution in [3.63, 3.8) is 0 Å². The molecule has 1 aromatic heterocycles. The number of aryl methyl sites for hydroxylation is 1.